The van der Waals surface area contributed by atoms with Crippen molar-refractivity contribution in [3.8, 4) is 0 Å². The lowest BCUT2D eigenvalue weighted by Gasteiger charge is -2.17. The third-order valence-corrected chi connectivity index (χ3v) is 3.47. The Morgan fingerprint density at radius 2 is 2.16 bits per heavy atom. The van der Waals surface area contributed by atoms with Crippen LogP contribution in [0.2, 0.25) is 0 Å². The van der Waals surface area contributed by atoms with Crippen molar-refractivity contribution in [2.45, 2.75) is 26.7 Å². The summed E-state index contributed by atoms with van der Waals surface area (Å²) in [5.41, 5.74) is 6.25. The van der Waals surface area contributed by atoms with E-state index in [9.17, 15) is 9.18 Å². The van der Waals surface area contributed by atoms with Gasteiger partial charge in [-0.1, -0.05) is 13.8 Å². The monoisotopic (exact) mass is 330 g/mol. The minimum atomic E-state index is -0.343. The van der Waals surface area contributed by atoms with Crippen LogP contribution in [0.25, 0.3) is 0 Å². The number of hydrogen-bond acceptors (Lipinski definition) is 2. The van der Waals surface area contributed by atoms with E-state index in [4.69, 9.17) is 5.73 Å². The van der Waals surface area contributed by atoms with Gasteiger partial charge in [0.1, 0.15) is 5.82 Å². The molecule has 0 aromatic heterocycles. The van der Waals surface area contributed by atoms with Crippen molar-refractivity contribution in [3.63, 3.8) is 0 Å². The molecule has 0 radical (unpaired) electrons. The first-order valence-electron chi connectivity index (χ1n) is 6.37. The summed E-state index contributed by atoms with van der Waals surface area (Å²) in [6, 6.07) is 4.18. The molecule has 19 heavy (non-hydrogen) atoms. The van der Waals surface area contributed by atoms with Gasteiger partial charge in [-0.15, -0.1) is 0 Å². The van der Waals surface area contributed by atoms with Gasteiger partial charge >= 0.3 is 0 Å². The van der Waals surface area contributed by atoms with Gasteiger partial charge in [0, 0.05) is 10.9 Å². The summed E-state index contributed by atoms with van der Waals surface area (Å²) in [5, 5.41) is 2.77. The van der Waals surface area contributed by atoms with Crippen molar-refractivity contribution in [1.82, 2.24) is 0 Å². The largest absolute Gasteiger partial charge is 0.330 e. The smallest absolute Gasteiger partial charge is 0.224 e. The van der Waals surface area contributed by atoms with Crippen LogP contribution in [0.5, 0.6) is 0 Å². The molecule has 5 heteroatoms. The molecule has 1 aromatic carbocycles. The van der Waals surface area contributed by atoms with Crippen molar-refractivity contribution in [2.75, 3.05) is 11.9 Å². The number of carbonyl (C=O) groups excluding carboxylic acids is 1. The first kappa shape index (κ1) is 16.1. The highest BCUT2D eigenvalue weighted by Crippen LogP contribution is 2.24. The average molecular weight is 331 g/mol. The molecule has 1 atom stereocenters. The SMILES string of the molecule is CC(C)C[C@H](CN)CC(=O)Nc1ccc(F)cc1Br. The number of halogens is 2. The molecular weight excluding hydrogens is 311 g/mol. The summed E-state index contributed by atoms with van der Waals surface area (Å²) in [5.74, 6) is 0.256. The van der Waals surface area contributed by atoms with Gasteiger partial charge in [-0.3, -0.25) is 4.79 Å². The van der Waals surface area contributed by atoms with E-state index in [2.05, 4.69) is 35.1 Å². The third-order valence-electron chi connectivity index (χ3n) is 2.82. The van der Waals surface area contributed by atoms with Crippen LogP contribution in [0.15, 0.2) is 22.7 Å². The predicted molar refractivity (Wildman–Crippen MR) is 79.3 cm³/mol. The van der Waals surface area contributed by atoms with Crippen LogP contribution in [0, 0.1) is 17.7 Å². The van der Waals surface area contributed by atoms with Crippen LogP contribution in [0.3, 0.4) is 0 Å². The van der Waals surface area contributed by atoms with Crippen LogP contribution in [-0.4, -0.2) is 12.5 Å². The van der Waals surface area contributed by atoms with Gasteiger partial charge in [-0.25, -0.2) is 4.39 Å². The first-order chi connectivity index (χ1) is 8.92. The Balaban J connectivity index is 2.59. The van der Waals surface area contributed by atoms with Crippen LogP contribution in [0.1, 0.15) is 26.7 Å². The van der Waals surface area contributed by atoms with E-state index in [0.29, 0.717) is 29.0 Å². The minimum absolute atomic E-state index is 0.0941. The molecule has 0 fully saturated rings. The molecule has 0 bridgehead atoms. The zero-order chi connectivity index (χ0) is 14.4. The maximum absolute atomic E-state index is 12.9. The normalized spacial score (nSPS) is 12.5. The number of anilines is 1. The van der Waals surface area contributed by atoms with Crippen LogP contribution in [-0.2, 0) is 4.79 Å². The Morgan fingerprint density at radius 1 is 1.47 bits per heavy atom. The third kappa shape index (κ3) is 5.70. The molecular formula is C14H20BrFN2O. The van der Waals surface area contributed by atoms with Crippen molar-refractivity contribution in [3.05, 3.63) is 28.5 Å². The van der Waals surface area contributed by atoms with E-state index in [1.54, 1.807) is 0 Å². The fourth-order valence-corrected chi connectivity index (χ4v) is 2.43. The van der Waals surface area contributed by atoms with Crippen LogP contribution in [0.4, 0.5) is 10.1 Å². The van der Waals surface area contributed by atoms with Crippen molar-refractivity contribution >= 4 is 27.5 Å². The quantitative estimate of drug-likeness (QED) is 0.838. The van der Waals surface area contributed by atoms with Gasteiger partial charge in [0.25, 0.3) is 0 Å². The van der Waals surface area contributed by atoms with E-state index in [0.717, 1.165) is 6.42 Å². The van der Waals surface area contributed by atoms with E-state index in [1.807, 2.05) is 0 Å². The number of carbonyl (C=O) groups is 1. The minimum Gasteiger partial charge on any atom is -0.330 e. The highest BCUT2D eigenvalue weighted by atomic mass is 79.9. The molecule has 106 valence electrons. The highest BCUT2D eigenvalue weighted by Gasteiger charge is 2.15. The van der Waals surface area contributed by atoms with Gasteiger partial charge in [0.05, 0.1) is 5.69 Å². The summed E-state index contributed by atoms with van der Waals surface area (Å²) in [7, 11) is 0. The molecule has 0 spiro atoms. The summed E-state index contributed by atoms with van der Waals surface area (Å²) < 4.78 is 13.5. The highest BCUT2D eigenvalue weighted by molar-refractivity contribution is 9.10. The Labute approximate surface area is 121 Å². The second kappa shape index (κ2) is 7.60. The Hall–Kier alpha value is -0.940. The lowest BCUT2D eigenvalue weighted by molar-refractivity contribution is -0.117. The standard InChI is InChI=1S/C14H20BrFN2O/c1-9(2)5-10(8-17)6-14(19)18-13-4-3-11(16)7-12(13)15/h3-4,7,9-10H,5-6,8,17H2,1-2H3,(H,18,19)/t10-/m0/s1. The van der Waals surface area contributed by atoms with E-state index in [-0.39, 0.29) is 17.6 Å². The Kier molecular flexibility index (Phi) is 6.45. The fraction of sp³-hybridized carbons (Fsp3) is 0.500. The van der Waals surface area contributed by atoms with Crippen LogP contribution >= 0.6 is 15.9 Å². The lowest BCUT2D eigenvalue weighted by atomic mass is 9.94. The summed E-state index contributed by atoms with van der Waals surface area (Å²) in [6.07, 6.45) is 1.31. The van der Waals surface area contributed by atoms with Gasteiger partial charge < -0.3 is 11.1 Å². The Bertz CT molecular complexity index is 437. The van der Waals surface area contributed by atoms with E-state index < -0.39 is 0 Å². The topological polar surface area (TPSA) is 55.1 Å². The van der Waals surface area contributed by atoms with Gasteiger partial charge in [0.2, 0.25) is 5.91 Å². The fourth-order valence-electron chi connectivity index (χ4n) is 1.98. The number of nitrogens with two attached hydrogens (primary N) is 1. The molecule has 1 rings (SSSR count). The summed E-state index contributed by atoms with van der Waals surface area (Å²) in [6.45, 7) is 4.71. The maximum Gasteiger partial charge on any atom is 0.224 e. The number of rotatable bonds is 6. The van der Waals surface area contributed by atoms with Crippen molar-refractivity contribution in [1.29, 1.82) is 0 Å². The average Bonchev–Trinajstić information content (AvgIpc) is 2.31. The first-order valence-corrected chi connectivity index (χ1v) is 7.16. The number of nitrogens with one attached hydrogen (secondary N) is 1. The van der Waals surface area contributed by atoms with Crippen molar-refractivity contribution in [2.24, 2.45) is 17.6 Å². The number of benzene rings is 1. The number of hydrogen-bond donors (Lipinski definition) is 2. The molecule has 3 nitrogen and oxygen atoms in total. The van der Waals surface area contributed by atoms with Crippen molar-refractivity contribution < 1.29 is 9.18 Å². The molecule has 0 heterocycles. The predicted octanol–water partition coefficient (Wildman–Crippen LogP) is 3.54. The molecule has 1 aromatic rings. The van der Waals surface area contributed by atoms with E-state index in [1.165, 1.54) is 18.2 Å². The molecule has 0 aliphatic rings. The molecule has 0 aliphatic heterocycles. The van der Waals surface area contributed by atoms with Gasteiger partial charge in [-0.05, 0) is 58.9 Å². The molecule has 0 saturated heterocycles. The number of amides is 1. The summed E-state index contributed by atoms with van der Waals surface area (Å²) in [4.78, 5) is 11.9. The van der Waals surface area contributed by atoms with E-state index >= 15 is 0 Å². The molecule has 0 saturated carbocycles. The maximum atomic E-state index is 12.9. The van der Waals surface area contributed by atoms with Crippen LogP contribution < -0.4 is 11.1 Å². The second-order valence-corrected chi connectivity index (χ2v) is 5.96. The molecule has 3 N–H and O–H groups in total. The molecule has 0 aliphatic carbocycles. The zero-order valence-electron chi connectivity index (χ0n) is 11.2. The lowest BCUT2D eigenvalue weighted by Crippen LogP contribution is -2.23. The Morgan fingerprint density at radius 3 is 2.68 bits per heavy atom. The summed E-state index contributed by atoms with van der Waals surface area (Å²) >= 11 is 3.22. The molecule has 0 unspecified atom stereocenters. The van der Waals surface area contributed by atoms with Gasteiger partial charge in [-0.2, -0.15) is 0 Å². The molecule has 1 amide bonds. The second-order valence-electron chi connectivity index (χ2n) is 5.11. The zero-order valence-corrected chi connectivity index (χ0v) is 12.8. The van der Waals surface area contributed by atoms with Gasteiger partial charge in [0.15, 0.2) is 0 Å².